The average molecular weight is 297 g/mol. The Morgan fingerprint density at radius 3 is 2.43 bits per heavy atom. The van der Waals surface area contributed by atoms with Gasteiger partial charge in [0.2, 0.25) is 0 Å². The molecule has 0 heterocycles. The van der Waals surface area contributed by atoms with E-state index in [0.29, 0.717) is 5.41 Å². The van der Waals surface area contributed by atoms with E-state index < -0.39 is 11.7 Å². The van der Waals surface area contributed by atoms with Crippen molar-refractivity contribution in [3.05, 3.63) is 35.4 Å². The van der Waals surface area contributed by atoms with E-state index in [1.165, 1.54) is 31.4 Å². The van der Waals surface area contributed by atoms with E-state index in [-0.39, 0.29) is 5.41 Å². The highest BCUT2D eigenvalue weighted by Gasteiger charge is 2.57. The largest absolute Gasteiger partial charge is 0.416 e. The first kappa shape index (κ1) is 14.9. The number of halogens is 3. The lowest BCUT2D eigenvalue weighted by Gasteiger charge is -2.62. The zero-order chi connectivity index (χ0) is 15.1. The van der Waals surface area contributed by atoms with Gasteiger partial charge in [-0.15, -0.1) is 0 Å². The van der Waals surface area contributed by atoms with Crippen molar-refractivity contribution in [3.63, 3.8) is 0 Å². The van der Waals surface area contributed by atoms with Gasteiger partial charge >= 0.3 is 6.18 Å². The Hall–Kier alpha value is -1.03. The Kier molecular flexibility index (Phi) is 3.55. The Bertz CT molecular complexity index is 509. The standard InChI is InChI=1S/C17H22F3N/c1-2-21-12-16(10-15(11-16)7-4-8-15)13-5-3-6-14(9-13)17(18,19)20/h3,5-6,9,21H,2,4,7-8,10-12H2,1H3. The lowest BCUT2D eigenvalue weighted by atomic mass is 9.43. The van der Waals surface area contributed by atoms with Crippen molar-refractivity contribution in [2.24, 2.45) is 5.41 Å². The van der Waals surface area contributed by atoms with Gasteiger partial charge in [-0.1, -0.05) is 31.5 Å². The maximum atomic E-state index is 12.9. The summed E-state index contributed by atoms with van der Waals surface area (Å²) in [5.41, 5.74) is 0.669. The SMILES string of the molecule is CCNCC1(c2cccc(C(F)(F)F)c2)CC2(CCC2)C1. The molecule has 0 radical (unpaired) electrons. The molecule has 1 nitrogen and oxygen atoms in total. The van der Waals surface area contributed by atoms with Crippen molar-refractivity contribution >= 4 is 0 Å². The second-order valence-corrected chi connectivity index (χ2v) is 6.85. The number of alkyl halides is 3. The highest BCUT2D eigenvalue weighted by atomic mass is 19.4. The van der Waals surface area contributed by atoms with E-state index >= 15 is 0 Å². The molecule has 0 amide bonds. The Balaban J connectivity index is 1.87. The van der Waals surface area contributed by atoms with E-state index in [1.54, 1.807) is 6.07 Å². The van der Waals surface area contributed by atoms with Crippen LogP contribution in [0.5, 0.6) is 0 Å². The molecule has 0 bridgehead atoms. The Morgan fingerprint density at radius 1 is 1.19 bits per heavy atom. The van der Waals surface area contributed by atoms with Gasteiger partial charge in [0, 0.05) is 12.0 Å². The molecule has 1 N–H and O–H groups in total. The second-order valence-electron chi connectivity index (χ2n) is 6.85. The van der Waals surface area contributed by atoms with Crippen LogP contribution in [0.4, 0.5) is 13.2 Å². The third kappa shape index (κ3) is 2.59. The summed E-state index contributed by atoms with van der Waals surface area (Å²) in [5, 5.41) is 3.35. The zero-order valence-corrected chi connectivity index (χ0v) is 12.4. The van der Waals surface area contributed by atoms with Gasteiger partial charge in [0.05, 0.1) is 5.56 Å². The lowest BCUT2D eigenvalue weighted by molar-refractivity contribution is -0.137. The van der Waals surface area contributed by atoms with Crippen LogP contribution in [0, 0.1) is 5.41 Å². The molecule has 0 saturated heterocycles. The first-order valence-corrected chi connectivity index (χ1v) is 7.78. The van der Waals surface area contributed by atoms with Crippen LogP contribution in [0.3, 0.4) is 0 Å². The molecule has 0 atom stereocenters. The van der Waals surface area contributed by atoms with Crippen LogP contribution in [-0.4, -0.2) is 13.1 Å². The molecular weight excluding hydrogens is 275 g/mol. The molecular formula is C17H22F3N. The van der Waals surface area contributed by atoms with E-state index in [0.717, 1.165) is 31.5 Å². The van der Waals surface area contributed by atoms with E-state index in [9.17, 15) is 13.2 Å². The molecule has 0 aliphatic heterocycles. The van der Waals surface area contributed by atoms with Gasteiger partial charge in [-0.3, -0.25) is 0 Å². The van der Waals surface area contributed by atoms with E-state index in [1.807, 2.05) is 13.0 Å². The molecule has 4 heteroatoms. The molecule has 21 heavy (non-hydrogen) atoms. The Morgan fingerprint density at radius 2 is 1.90 bits per heavy atom. The molecule has 0 aromatic heterocycles. The minimum absolute atomic E-state index is 0.0995. The number of nitrogens with one attached hydrogen (secondary N) is 1. The van der Waals surface area contributed by atoms with Gasteiger partial charge in [-0.2, -0.15) is 13.2 Å². The van der Waals surface area contributed by atoms with Gasteiger partial charge in [-0.05, 0) is 49.3 Å². The number of hydrogen-bond acceptors (Lipinski definition) is 1. The minimum Gasteiger partial charge on any atom is -0.316 e. The molecule has 1 aromatic carbocycles. The zero-order valence-electron chi connectivity index (χ0n) is 12.4. The van der Waals surface area contributed by atoms with Crippen LogP contribution in [0.25, 0.3) is 0 Å². The van der Waals surface area contributed by atoms with Crippen molar-refractivity contribution in [1.82, 2.24) is 5.32 Å². The minimum atomic E-state index is -4.26. The van der Waals surface area contributed by atoms with E-state index in [4.69, 9.17) is 0 Å². The van der Waals surface area contributed by atoms with Crippen LogP contribution in [0.1, 0.15) is 50.2 Å². The molecule has 2 aliphatic carbocycles. The van der Waals surface area contributed by atoms with Crippen LogP contribution < -0.4 is 5.32 Å². The Labute approximate surface area is 123 Å². The van der Waals surface area contributed by atoms with Crippen LogP contribution in [0.15, 0.2) is 24.3 Å². The van der Waals surface area contributed by atoms with Gasteiger partial charge < -0.3 is 5.32 Å². The molecule has 3 rings (SSSR count). The van der Waals surface area contributed by atoms with Crippen molar-refractivity contribution in [1.29, 1.82) is 0 Å². The number of hydrogen-bond donors (Lipinski definition) is 1. The third-order valence-corrected chi connectivity index (χ3v) is 5.36. The normalized spacial score (nSPS) is 22.7. The van der Waals surface area contributed by atoms with Gasteiger partial charge in [0.1, 0.15) is 0 Å². The summed E-state index contributed by atoms with van der Waals surface area (Å²) in [5.74, 6) is 0. The molecule has 116 valence electrons. The molecule has 1 aromatic rings. The predicted molar refractivity (Wildman–Crippen MR) is 77.2 cm³/mol. The van der Waals surface area contributed by atoms with Crippen LogP contribution >= 0.6 is 0 Å². The van der Waals surface area contributed by atoms with Crippen molar-refractivity contribution in [3.8, 4) is 0 Å². The first-order chi connectivity index (χ1) is 9.89. The quantitative estimate of drug-likeness (QED) is 0.861. The highest BCUT2D eigenvalue weighted by molar-refractivity contribution is 5.36. The van der Waals surface area contributed by atoms with Crippen molar-refractivity contribution in [2.75, 3.05) is 13.1 Å². The molecule has 2 saturated carbocycles. The van der Waals surface area contributed by atoms with Crippen LogP contribution in [0.2, 0.25) is 0 Å². The first-order valence-electron chi connectivity index (χ1n) is 7.78. The summed E-state index contributed by atoms with van der Waals surface area (Å²) >= 11 is 0. The molecule has 1 spiro atoms. The number of likely N-dealkylation sites (N-methyl/N-ethyl adjacent to an activating group) is 1. The summed E-state index contributed by atoms with van der Waals surface area (Å²) in [6, 6.07) is 5.96. The fourth-order valence-electron chi connectivity index (χ4n) is 4.24. The lowest BCUT2D eigenvalue weighted by Crippen LogP contribution is -2.57. The van der Waals surface area contributed by atoms with Gasteiger partial charge in [0.15, 0.2) is 0 Å². The second kappa shape index (κ2) is 5.01. The van der Waals surface area contributed by atoms with Gasteiger partial charge in [0.25, 0.3) is 0 Å². The van der Waals surface area contributed by atoms with E-state index in [2.05, 4.69) is 5.32 Å². The summed E-state index contributed by atoms with van der Waals surface area (Å²) in [4.78, 5) is 0. The number of rotatable bonds is 4. The fraction of sp³-hybridized carbons (Fsp3) is 0.647. The predicted octanol–water partition coefficient (Wildman–Crippen LogP) is 4.52. The summed E-state index contributed by atoms with van der Waals surface area (Å²) < 4.78 is 38.8. The maximum absolute atomic E-state index is 12.9. The monoisotopic (exact) mass is 297 g/mol. The summed E-state index contributed by atoms with van der Waals surface area (Å²) in [6.45, 7) is 3.68. The third-order valence-electron chi connectivity index (χ3n) is 5.36. The number of benzene rings is 1. The highest BCUT2D eigenvalue weighted by Crippen LogP contribution is 2.64. The fourth-order valence-corrected chi connectivity index (χ4v) is 4.24. The smallest absolute Gasteiger partial charge is 0.316 e. The van der Waals surface area contributed by atoms with Gasteiger partial charge in [-0.25, -0.2) is 0 Å². The topological polar surface area (TPSA) is 12.0 Å². The average Bonchev–Trinajstić information content (AvgIpc) is 2.35. The molecule has 0 unspecified atom stereocenters. The summed E-state index contributed by atoms with van der Waals surface area (Å²) in [6.07, 6.45) is 1.59. The van der Waals surface area contributed by atoms with Crippen molar-refractivity contribution in [2.45, 2.75) is 50.6 Å². The molecule has 2 aliphatic rings. The van der Waals surface area contributed by atoms with Crippen molar-refractivity contribution < 1.29 is 13.2 Å². The van der Waals surface area contributed by atoms with Crippen LogP contribution in [-0.2, 0) is 11.6 Å². The molecule has 2 fully saturated rings. The maximum Gasteiger partial charge on any atom is 0.416 e. The summed E-state index contributed by atoms with van der Waals surface area (Å²) in [7, 11) is 0.